The van der Waals surface area contributed by atoms with Gasteiger partial charge in [-0.1, -0.05) is 31.4 Å². The van der Waals surface area contributed by atoms with Crippen LogP contribution in [0.15, 0.2) is 24.3 Å². The quantitative estimate of drug-likeness (QED) is 0.769. The predicted octanol–water partition coefficient (Wildman–Crippen LogP) is 3.12. The number of aliphatic hydroxyl groups is 1. The fourth-order valence-electron chi connectivity index (χ4n) is 2.66. The first kappa shape index (κ1) is 14.4. The molecule has 1 fully saturated rings. The Kier molecular flexibility index (Phi) is 6.18. The summed E-state index contributed by atoms with van der Waals surface area (Å²) in [7, 11) is 0. The molecule has 0 spiro atoms. The van der Waals surface area contributed by atoms with Crippen molar-refractivity contribution in [1.82, 2.24) is 0 Å². The molecule has 1 aliphatic carbocycles. The summed E-state index contributed by atoms with van der Waals surface area (Å²) in [6.45, 7) is 1.49. The summed E-state index contributed by atoms with van der Waals surface area (Å²) in [6.07, 6.45) is 6.78. The van der Waals surface area contributed by atoms with Crippen LogP contribution in [0.2, 0.25) is 0 Å². The molecule has 1 aliphatic rings. The lowest BCUT2D eigenvalue weighted by molar-refractivity contribution is 0.0705. The monoisotopic (exact) mass is 264 g/mol. The third-order valence-electron chi connectivity index (χ3n) is 3.69. The van der Waals surface area contributed by atoms with Gasteiger partial charge in [0.2, 0.25) is 0 Å². The van der Waals surface area contributed by atoms with Gasteiger partial charge in [-0.15, -0.1) is 0 Å². The first-order chi connectivity index (χ1) is 9.40. The molecule has 1 aromatic rings. The molecule has 0 unspecified atom stereocenters. The molecule has 1 N–H and O–H groups in total. The van der Waals surface area contributed by atoms with Crippen molar-refractivity contribution in [2.75, 3.05) is 26.4 Å². The number of benzene rings is 1. The second-order valence-electron chi connectivity index (χ2n) is 5.09. The lowest BCUT2D eigenvalue weighted by atomic mass is 9.84. The summed E-state index contributed by atoms with van der Waals surface area (Å²) in [5.41, 5.74) is 1.45. The fraction of sp³-hybridized carbons (Fsp3) is 0.625. The Morgan fingerprint density at radius 3 is 2.37 bits per heavy atom. The molecule has 0 saturated heterocycles. The highest BCUT2D eigenvalue weighted by Crippen LogP contribution is 2.33. The molecule has 0 atom stereocenters. The molecule has 1 aromatic carbocycles. The molecule has 1 saturated carbocycles. The SMILES string of the molecule is OCCOCCOc1ccc(C2CCCCC2)cc1. The number of ether oxygens (including phenoxy) is 2. The van der Waals surface area contributed by atoms with Crippen molar-refractivity contribution in [3.63, 3.8) is 0 Å². The second-order valence-corrected chi connectivity index (χ2v) is 5.09. The van der Waals surface area contributed by atoms with E-state index in [4.69, 9.17) is 14.6 Å². The highest BCUT2D eigenvalue weighted by Gasteiger charge is 2.15. The van der Waals surface area contributed by atoms with Crippen molar-refractivity contribution in [3.8, 4) is 5.75 Å². The minimum atomic E-state index is 0.0656. The zero-order valence-corrected chi connectivity index (χ0v) is 11.5. The largest absolute Gasteiger partial charge is 0.491 e. The van der Waals surface area contributed by atoms with E-state index in [1.165, 1.54) is 37.7 Å². The van der Waals surface area contributed by atoms with E-state index in [2.05, 4.69) is 24.3 Å². The summed E-state index contributed by atoms with van der Waals surface area (Å²) in [5, 5.41) is 8.57. The van der Waals surface area contributed by atoms with Gasteiger partial charge >= 0.3 is 0 Å². The molecule has 0 aromatic heterocycles. The van der Waals surface area contributed by atoms with Crippen molar-refractivity contribution in [2.45, 2.75) is 38.0 Å². The van der Waals surface area contributed by atoms with E-state index in [0.717, 1.165) is 11.7 Å². The Labute approximate surface area is 115 Å². The molecule has 0 heterocycles. The van der Waals surface area contributed by atoms with E-state index in [1.807, 2.05) is 0 Å². The van der Waals surface area contributed by atoms with Crippen LogP contribution in [0.5, 0.6) is 5.75 Å². The van der Waals surface area contributed by atoms with E-state index in [0.29, 0.717) is 19.8 Å². The maximum absolute atomic E-state index is 8.57. The maximum Gasteiger partial charge on any atom is 0.119 e. The summed E-state index contributed by atoms with van der Waals surface area (Å²) in [6, 6.07) is 8.49. The first-order valence-corrected chi connectivity index (χ1v) is 7.31. The normalized spacial score (nSPS) is 16.5. The van der Waals surface area contributed by atoms with E-state index in [-0.39, 0.29) is 6.61 Å². The average Bonchev–Trinajstić information content (AvgIpc) is 2.49. The van der Waals surface area contributed by atoms with Gasteiger partial charge in [-0.05, 0) is 36.5 Å². The van der Waals surface area contributed by atoms with Gasteiger partial charge in [0.15, 0.2) is 0 Å². The van der Waals surface area contributed by atoms with Crippen LogP contribution in [0.3, 0.4) is 0 Å². The molecule has 3 nitrogen and oxygen atoms in total. The summed E-state index contributed by atoms with van der Waals surface area (Å²) >= 11 is 0. The molecule has 19 heavy (non-hydrogen) atoms. The minimum Gasteiger partial charge on any atom is -0.491 e. The Bertz CT molecular complexity index is 342. The number of rotatable bonds is 7. The molecule has 2 rings (SSSR count). The van der Waals surface area contributed by atoms with Gasteiger partial charge in [-0.25, -0.2) is 0 Å². The second kappa shape index (κ2) is 8.18. The Balaban J connectivity index is 1.74. The molecular weight excluding hydrogens is 240 g/mol. The van der Waals surface area contributed by atoms with Gasteiger partial charge in [0.25, 0.3) is 0 Å². The zero-order valence-electron chi connectivity index (χ0n) is 11.5. The molecule has 0 amide bonds. The van der Waals surface area contributed by atoms with Crippen molar-refractivity contribution in [1.29, 1.82) is 0 Å². The van der Waals surface area contributed by atoms with E-state index < -0.39 is 0 Å². The van der Waals surface area contributed by atoms with Crippen LogP contribution in [0, 0.1) is 0 Å². The van der Waals surface area contributed by atoms with Crippen LogP contribution in [0.4, 0.5) is 0 Å². The van der Waals surface area contributed by atoms with Gasteiger partial charge in [0.05, 0.1) is 19.8 Å². The van der Waals surface area contributed by atoms with Crippen molar-refractivity contribution in [3.05, 3.63) is 29.8 Å². The maximum atomic E-state index is 8.57. The van der Waals surface area contributed by atoms with Crippen LogP contribution >= 0.6 is 0 Å². The molecule has 3 heteroatoms. The van der Waals surface area contributed by atoms with Crippen LogP contribution in [0.25, 0.3) is 0 Å². The van der Waals surface area contributed by atoms with E-state index >= 15 is 0 Å². The van der Waals surface area contributed by atoms with E-state index in [1.54, 1.807) is 0 Å². The van der Waals surface area contributed by atoms with Gasteiger partial charge in [0, 0.05) is 0 Å². The van der Waals surface area contributed by atoms with Crippen LogP contribution in [0.1, 0.15) is 43.6 Å². The standard InChI is InChI=1S/C16H24O3/c17-10-11-18-12-13-19-16-8-6-15(7-9-16)14-4-2-1-3-5-14/h6-9,14,17H,1-5,10-13H2. The molecule has 0 bridgehead atoms. The third-order valence-corrected chi connectivity index (χ3v) is 3.69. The lowest BCUT2D eigenvalue weighted by Gasteiger charge is -2.22. The van der Waals surface area contributed by atoms with Crippen molar-refractivity contribution in [2.24, 2.45) is 0 Å². The molecule has 0 aliphatic heterocycles. The summed E-state index contributed by atoms with van der Waals surface area (Å²) in [5.74, 6) is 1.64. The lowest BCUT2D eigenvalue weighted by Crippen LogP contribution is -2.09. The van der Waals surface area contributed by atoms with Gasteiger partial charge in [0.1, 0.15) is 12.4 Å². The van der Waals surface area contributed by atoms with Crippen LogP contribution in [-0.2, 0) is 4.74 Å². The Hall–Kier alpha value is -1.06. The molecular formula is C16H24O3. The van der Waals surface area contributed by atoms with Crippen LogP contribution in [-0.4, -0.2) is 31.5 Å². The van der Waals surface area contributed by atoms with Gasteiger partial charge in [-0.2, -0.15) is 0 Å². The van der Waals surface area contributed by atoms with Gasteiger partial charge < -0.3 is 14.6 Å². The van der Waals surface area contributed by atoms with Gasteiger partial charge in [-0.3, -0.25) is 0 Å². The highest BCUT2D eigenvalue weighted by molar-refractivity contribution is 5.29. The zero-order chi connectivity index (χ0) is 13.3. The summed E-state index contributed by atoms with van der Waals surface area (Å²) in [4.78, 5) is 0. The summed E-state index contributed by atoms with van der Waals surface area (Å²) < 4.78 is 10.7. The topological polar surface area (TPSA) is 38.7 Å². The van der Waals surface area contributed by atoms with Crippen molar-refractivity contribution < 1.29 is 14.6 Å². The fourth-order valence-corrected chi connectivity index (χ4v) is 2.66. The Morgan fingerprint density at radius 2 is 1.68 bits per heavy atom. The smallest absolute Gasteiger partial charge is 0.119 e. The Morgan fingerprint density at radius 1 is 0.947 bits per heavy atom. The molecule has 106 valence electrons. The van der Waals surface area contributed by atoms with Crippen molar-refractivity contribution >= 4 is 0 Å². The third kappa shape index (κ3) is 4.84. The highest BCUT2D eigenvalue weighted by atomic mass is 16.5. The number of hydrogen-bond acceptors (Lipinski definition) is 3. The van der Waals surface area contributed by atoms with E-state index in [9.17, 15) is 0 Å². The molecule has 0 radical (unpaired) electrons. The van der Waals surface area contributed by atoms with Crippen LogP contribution < -0.4 is 4.74 Å². The predicted molar refractivity (Wildman–Crippen MR) is 75.7 cm³/mol. The number of aliphatic hydroxyl groups excluding tert-OH is 1. The first-order valence-electron chi connectivity index (χ1n) is 7.31. The number of hydrogen-bond donors (Lipinski definition) is 1. The minimum absolute atomic E-state index is 0.0656. The average molecular weight is 264 g/mol.